The molecule has 0 aromatic carbocycles. The molecule has 5 heteroatoms. The highest BCUT2D eigenvalue weighted by molar-refractivity contribution is 5.87. The molecule has 0 radical (unpaired) electrons. The van der Waals surface area contributed by atoms with Crippen molar-refractivity contribution in [1.29, 1.82) is 0 Å². The normalized spacial score (nSPS) is 26.8. The molecule has 2 fully saturated rings. The van der Waals surface area contributed by atoms with Crippen molar-refractivity contribution in [1.82, 2.24) is 9.88 Å². The molecule has 1 N–H and O–H groups in total. The van der Waals surface area contributed by atoms with Gasteiger partial charge in [-0.15, -0.1) is 0 Å². The Bertz CT molecular complexity index is 522. The topological polar surface area (TPSA) is 70.5 Å². The van der Waals surface area contributed by atoms with E-state index in [1.807, 2.05) is 19.1 Å². The highest BCUT2D eigenvalue weighted by atomic mass is 16.4. The lowest BCUT2D eigenvalue weighted by molar-refractivity contribution is -0.142. The summed E-state index contributed by atoms with van der Waals surface area (Å²) in [7, 11) is 0. The molecular weight excluding hydrogens is 244 g/mol. The van der Waals surface area contributed by atoms with Crippen molar-refractivity contribution in [2.45, 2.75) is 38.3 Å². The van der Waals surface area contributed by atoms with Gasteiger partial charge in [0, 0.05) is 24.4 Å². The molecular formula is C14H16N2O3. The molecule has 5 nitrogen and oxygen atoms in total. The summed E-state index contributed by atoms with van der Waals surface area (Å²) in [6.45, 7) is 1.89. The number of hydrogen-bond donors (Lipinski definition) is 1. The number of likely N-dealkylation sites (tertiary alicyclic amines) is 1. The summed E-state index contributed by atoms with van der Waals surface area (Å²) in [5.74, 6) is -1.60. The van der Waals surface area contributed by atoms with Crippen LogP contribution in [0.25, 0.3) is 0 Å². The lowest BCUT2D eigenvalue weighted by Crippen LogP contribution is -2.32. The minimum atomic E-state index is -0.901. The summed E-state index contributed by atoms with van der Waals surface area (Å²) < 4.78 is 0. The quantitative estimate of drug-likeness (QED) is 0.894. The van der Waals surface area contributed by atoms with Gasteiger partial charge in [-0.3, -0.25) is 14.6 Å². The van der Waals surface area contributed by atoms with Crippen LogP contribution in [0, 0.1) is 12.8 Å². The van der Waals surface area contributed by atoms with Crippen LogP contribution in [0.4, 0.5) is 0 Å². The summed E-state index contributed by atoms with van der Waals surface area (Å²) in [6, 6.07) is 3.62. The van der Waals surface area contributed by atoms with Crippen molar-refractivity contribution in [3.05, 3.63) is 29.6 Å². The monoisotopic (exact) mass is 260 g/mol. The average molecular weight is 260 g/mol. The van der Waals surface area contributed by atoms with Crippen molar-refractivity contribution < 1.29 is 14.7 Å². The number of carboxylic acids is 1. The van der Waals surface area contributed by atoms with E-state index < -0.39 is 11.9 Å². The van der Waals surface area contributed by atoms with Crippen LogP contribution in [-0.2, 0) is 9.59 Å². The fraction of sp³-hybridized carbons (Fsp3) is 0.500. The SMILES string of the molecule is Cc1ccc(C2C(C(=O)O)CC(=O)N2C2CC2)cn1. The summed E-state index contributed by atoms with van der Waals surface area (Å²) >= 11 is 0. The first-order chi connectivity index (χ1) is 9.08. The van der Waals surface area contributed by atoms with Gasteiger partial charge in [-0.05, 0) is 31.4 Å². The average Bonchev–Trinajstić information content (AvgIpc) is 3.14. The van der Waals surface area contributed by atoms with Gasteiger partial charge in [-0.1, -0.05) is 6.07 Å². The van der Waals surface area contributed by atoms with Crippen LogP contribution >= 0.6 is 0 Å². The minimum Gasteiger partial charge on any atom is -0.481 e. The number of hydrogen-bond acceptors (Lipinski definition) is 3. The minimum absolute atomic E-state index is 0.0412. The Morgan fingerprint density at radius 2 is 2.16 bits per heavy atom. The smallest absolute Gasteiger partial charge is 0.309 e. The number of carbonyl (C=O) groups excluding carboxylic acids is 1. The molecule has 3 rings (SSSR count). The third-order valence-corrected chi connectivity index (χ3v) is 3.90. The van der Waals surface area contributed by atoms with Crippen LogP contribution in [0.2, 0.25) is 0 Å². The van der Waals surface area contributed by atoms with E-state index in [0.29, 0.717) is 0 Å². The predicted octanol–water partition coefficient (Wildman–Crippen LogP) is 1.53. The van der Waals surface area contributed by atoms with E-state index in [-0.39, 0.29) is 24.4 Å². The van der Waals surface area contributed by atoms with Crippen LogP contribution < -0.4 is 0 Å². The summed E-state index contributed by atoms with van der Waals surface area (Å²) in [4.78, 5) is 29.4. The number of carboxylic acid groups (broad SMARTS) is 1. The predicted molar refractivity (Wildman–Crippen MR) is 67.3 cm³/mol. The van der Waals surface area contributed by atoms with E-state index in [9.17, 15) is 14.7 Å². The molecule has 0 bridgehead atoms. The van der Waals surface area contributed by atoms with Gasteiger partial charge in [0.15, 0.2) is 0 Å². The van der Waals surface area contributed by atoms with E-state index in [2.05, 4.69) is 4.98 Å². The number of amides is 1. The Hall–Kier alpha value is -1.91. The largest absolute Gasteiger partial charge is 0.481 e. The lowest BCUT2D eigenvalue weighted by Gasteiger charge is -2.27. The number of aromatic nitrogens is 1. The fourth-order valence-corrected chi connectivity index (χ4v) is 2.81. The van der Waals surface area contributed by atoms with E-state index in [0.717, 1.165) is 24.1 Å². The maximum absolute atomic E-state index is 12.1. The van der Waals surface area contributed by atoms with Gasteiger partial charge in [0.05, 0.1) is 12.0 Å². The van der Waals surface area contributed by atoms with Gasteiger partial charge >= 0.3 is 5.97 Å². The van der Waals surface area contributed by atoms with Gasteiger partial charge in [-0.2, -0.15) is 0 Å². The maximum Gasteiger partial charge on any atom is 0.309 e. The Labute approximate surface area is 111 Å². The number of carbonyl (C=O) groups is 2. The van der Waals surface area contributed by atoms with Gasteiger partial charge in [0.1, 0.15) is 0 Å². The second-order valence-electron chi connectivity index (χ2n) is 5.36. The lowest BCUT2D eigenvalue weighted by atomic mass is 9.94. The van der Waals surface area contributed by atoms with Crippen LogP contribution in [0.15, 0.2) is 18.3 Å². The zero-order chi connectivity index (χ0) is 13.6. The van der Waals surface area contributed by atoms with Crippen molar-refractivity contribution in [2.24, 2.45) is 5.92 Å². The summed E-state index contributed by atoms with van der Waals surface area (Å²) in [5, 5.41) is 9.34. The van der Waals surface area contributed by atoms with Crippen LogP contribution in [0.1, 0.15) is 36.6 Å². The number of rotatable bonds is 3. The standard InChI is InChI=1S/C14H16N2O3/c1-8-2-3-9(7-15-8)13-11(14(18)19)6-12(17)16(13)10-4-5-10/h2-3,7,10-11,13H,4-6H2,1H3,(H,18,19). The molecule has 0 spiro atoms. The third kappa shape index (κ3) is 2.09. The fourth-order valence-electron chi connectivity index (χ4n) is 2.81. The van der Waals surface area contributed by atoms with Crippen LogP contribution in [0.5, 0.6) is 0 Å². The molecule has 1 aliphatic heterocycles. The zero-order valence-electron chi connectivity index (χ0n) is 10.7. The first kappa shape index (κ1) is 12.1. The summed E-state index contributed by atoms with van der Waals surface area (Å²) in [5.41, 5.74) is 1.72. The van der Waals surface area contributed by atoms with Gasteiger partial charge in [-0.25, -0.2) is 0 Å². The van der Waals surface area contributed by atoms with E-state index in [4.69, 9.17) is 0 Å². The van der Waals surface area contributed by atoms with Crippen molar-refractivity contribution >= 4 is 11.9 Å². The molecule has 1 saturated carbocycles. The molecule has 2 heterocycles. The van der Waals surface area contributed by atoms with E-state index >= 15 is 0 Å². The van der Waals surface area contributed by atoms with Crippen molar-refractivity contribution in [3.8, 4) is 0 Å². The molecule has 1 aromatic heterocycles. The molecule has 2 unspecified atom stereocenters. The molecule has 2 aliphatic rings. The first-order valence-corrected chi connectivity index (χ1v) is 6.54. The first-order valence-electron chi connectivity index (χ1n) is 6.54. The van der Waals surface area contributed by atoms with E-state index in [1.165, 1.54) is 0 Å². The van der Waals surface area contributed by atoms with Crippen LogP contribution in [-0.4, -0.2) is 32.9 Å². The van der Waals surface area contributed by atoms with Gasteiger partial charge < -0.3 is 10.0 Å². The Kier molecular flexibility index (Phi) is 2.77. The molecule has 1 saturated heterocycles. The second kappa shape index (κ2) is 4.33. The van der Waals surface area contributed by atoms with Crippen molar-refractivity contribution in [3.63, 3.8) is 0 Å². The highest BCUT2D eigenvalue weighted by Gasteiger charge is 2.49. The highest BCUT2D eigenvalue weighted by Crippen LogP contribution is 2.44. The second-order valence-corrected chi connectivity index (χ2v) is 5.36. The van der Waals surface area contributed by atoms with Gasteiger partial charge in [0.25, 0.3) is 0 Å². The third-order valence-electron chi connectivity index (χ3n) is 3.90. The number of aryl methyl sites for hydroxylation is 1. The van der Waals surface area contributed by atoms with Crippen molar-refractivity contribution in [2.75, 3.05) is 0 Å². The molecule has 1 aromatic rings. The van der Waals surface area contributed by atoms with Gasteiger partial charge in [0.2, 0.25) is 5.91 Å². The maximum atomic E-state index is 12.1. The Balaban J connectivity index is 1.98. The van der Waals surface area contributed by atoms with E-state index in [1.54, 1.807) is 11.1 Å². The Morgan fingerprint density at radius 1 is 1.42 bits per heavy atom. The van der Waals surface area contributed by atoms with Crippen LogP contribution in [0.3, 0.4) is 0 Å². The molecule has 2 atom stereocenters. The molecule has 19 heavy (non-hydrogen) atoms. The zero-order valence-corrected chi connectivity index (χ0v) is 10.7. The molecule has 1 aliphatic carbocycles. The molecule has 100 valence electrons. The summed E-state index contributed by atoms with van der Waals surface area (Å²) in [6.07, 6.45) is 3.76. The molecule has 1 amide bonds. The Morgan fingerprint density at radius 3 is 2.68 bits per heavy atom. The number of aliphatic carboxylic acids is 1. The number of pyridine rings is 1. The number of nitrogens with zero attached hydrogens (tertiary/aromatic N) is 2.